The minimum Gasteiger partial charge on any atom is -0.477 e. The number of halogens is 1. The molecule has 13 heteroatoms. The van der Waals surface area contributed by atoms with Crippen molar-refractivity contribution in [3.05, 3.63) is 22.3 Å². The van der Waals surface area contributed by atoms with Crippen molar-refractivity contribution in [2.45, 2.75) is 11.4 Å². The summed E-state index contributed by atoms with van der Waals surface area (Å²) in [5.74, 6) is -2.03. The van der Waals surface area contributed by atoms with Crippen molar-refractivity contribution in [1.29, 1.82) is 0 Å². The van der Waals surface area contributed by atoms with Gasteiger partial charge in [0.05, 0.1) is 0 Å². The lowest BCUT2D eigenvalue weighted by Gasteiger charge is -2.49. The number of hydrogen-bond acceptors (Lipinski definition) is 9. The number of nitrogens with two attached hydrogens (primary N) is 1. The molecule has 0 bridgehead atoms. The first-order valence-electron chi connectivity index (χ1n) is 7.09. The highest BCUT2D eigenvalue weighted by Gasteiger charge is 2.54. The lowest BCUT2D eigenvalue weighted by molar-refractivity contribution is -0.150. The van der Waals surface area contributed by atoms with Crippen LogP contribution in [0.4, 0.5) is 5.13 Å². The monoisotopic (exact) mass is 509 g/mol. The number of alkyl halides is 1. The number of nitrogens with one attached hydrogen (secondary N) is 1. The van der Waals surface area contributed by atoms with Gasteiger partial charge in [-0.3, -0.25) is 14.5 Å². The Morgan fingerprint density at radius 2 is 2.27 bits per heavy atom. The number of rotatable bonds is 5. The number of fused-ring (bicyclic) bond motifs is 1. The number of hydrogen-bond donors (Lipinski definition) is 4. The van der Waals surface area contributed by atoms with Gasteiger partial charge in [0.1, 0.15) is 22.8 Å². The van der Waals surface area contributed by atoms with E-state index in [0.29, 0.717) is 15.8 Å². The smallest absolute Gasteiger partial charge is 0.352 e. The second-order valence-electron chi connectivity index (χ2n) is 5.27. The van der Waals surface area contributed by atoms with Gasteiger partial charge in [-0.1, -0.05) is 27.7 Å². The molecule has 3 heterocycles. The van der Waals surface area contributed by atoms with E-state index < -0.39 is 29.2 Å². The zero-order valence-electron chi connectivity index (χ0n) is 12.9. The molecule has 2 aliphatic rings. The van der Waals surface area contributed by atoms with E-state index in [2.05, 4.69) is 15.5 Å². The highest BCUT2D eigenvalue weighted by atomic mass is 127. The van der Waals surface area contributed by atoms with Gasteiger partial charge in [0.25, 0.3) is 11.8 Å². The van der Waals surface area contributed by atoms with E-state index in [4.69, 9.17) is 10.9 Å². The van der Waals surface area contributed by atoms with Crippen molar-refractivity contribution in [2.75, 3.05) is 15.9 Å². The zero-order valence-corrected chi connectivity index (χ0v) is 16.7. The first-order valence-corrected chi connectivity index (χ1v) is 10.5. The molecular weight excluding hydrogens is 497 g/mol. The van der Waals surface area contributed by atoms with Crippen molar-refractivity contribution in [1.82, 2.24) is 15.2 Å². The average Bonchev–Trinajstić information content (AvgIpc) is 3.04. The number of carboxylic acid groups (broad SMARTS) is 1. The van der Waals surface area contributed by atoms with Crippen LogP contribution in [-0.4, -0.2) is 65.3 Å². The first-order chi connectivity index (χ1) is 12.4. The molecule has 0 spiro atoms. The largest absolute Gasteiger partial charge is 0.477 e. The number of anilines is 1. The lowest BCUT2D eigenvalue weighted by atomic mass is 10.0. The van der Waals surface area contributed by atoms with Crippen LogP contribution < -0.4 is 11.1 Å². The molecule has 1 aromatic rings. The first kappa shape index (κ1) is 18.9. The molecule has 0 aliphatic carbocycles. The van der Waals surface area contributed by atoms with E-state index in [1.165, 1.54) is 22.0 Å². The molecular formula is C13H12IN5O5S2. The van der Waals surface area contributed by atoms with E-state index in [9.17, 15) is 19.5 Å². The topological polar surface area (TPSA) is 158 Å². The molecule has 0 saturated carbocycles. The van der Waals surface area contributed by atoms with Crippen LogP contribution in [0.25, 0.3) is 0 Å². The predicted molar refractivity (Wildman–Crippen MR) is 103 cm³/mol. The van der Waals surface area contributed by atoms with Gasteiger partial charge in [-0.25, -0.2) is 9.78 Å². The maximum atomic E-state index is 12.4. The summed E-state index contributed by atoms with van der Waals surface area (Å²) in [6.45, 7) is 0. The molecule has 1 aromatic heterocycles. The van der Waals surface area contributed by atoms with Crippen LogP contribution in [0, 0.1) is 0 Å². The third kappa shape index (κ3) is 3.14. The fourth-order valence-electron chi connectivity index (χ4n) is 2.61. The number of thiazole rings is 1. The van der Waals surface area contributed by atoms with Crippen molar-refractivity contribution in [2.24, 2.45) is 5.16 Å². The van der Waals surface area contributed by atoms with Gasteiger partial charge in [-0.2, -0.15) is 0 Å². The van der Waals surface area contributed by atoms with Crippen LogP contribution in [0.3, 0.4) is 0 Å². The molecule has 26 heavy (non-hydrogen) atoms. The molecule has 0 radical (unpaired) electrons. The molecule has 1 unspecified atom stereocenters. The Balaban J connectivity index is 1.77. The van der Waals surface area contributed by atoms with Gasteiger partial charge in [0, 0.05) is 15.6 Å². The summed E-state index contributed by atoms with van der Waals surface area (Å²) in [6.07, 6.45) is 0. The third-order valence-electron chi connectivity index (χ3n) is 3.78. The molecule has 1 fully saturated rings. The summed E-state index contributed by atoms with van der Waals surface area (Å²) in [4.78, 5) is 41.3. The number of carbonyl (C=O) groups is 3. The summed E-state index contributed by atoms with van der Waals surface area (Å²) in [7, 11) is 0. The Kier molecular flexibility index (Phi) is 5.38. The highest BCUT2D eigenvalue weighted by molar-refractivity contribution is 14.1. The number of amides is 2. The summed E-state index contributed by atoms with van der Waals surface area (Å²) in [5, 5.41) is 25.1. The third-order valence-corrected chi connectivity index (χ3v) is 6.71. The number of β-lactam (4-membered cyclic amide) rings is 1. The molecule has 2 aliphatic heterocycles. The second-order valence-corrected chi connectivity index (χ2v) is 8.03. The molecule has 10 nitrogen and oxygen atoms in total. The Labute approximate surface area is 168 Å². The van der Waals surface area contributed by atoms with Crippen LogP contribution in [0.2, 0.25) is 0 Å². The number of carbonyl (C=O) groups excluding carboxylic acids is 2. The number of aromatic nitrogens is 1. The fraction of sp³-hybridized carbons (Fsp3) is 0.308. The number of thioether (sulfide) groups is 1. The van der Waals surface area contributed by atoms with Crippen molar-refractivity contribution >= 4 is 74.3 Å². The minimum absolute atomic E-state index is 0.0260. The van der Waals surface area contributed by atoms with E-state index in [1.807, 2.05) is 22.6 Å². The number of carboxylic acids is 1. The van der Waals surface area contributed by atoms with Crippen LogP contribution >= 0.6 is 45.7 Å². The van der Waals surface area contributed by atoms with Gasteiger partial charge in [-0.15, -0.1) is 23.1 Å². The molecule has 1 saturated heterocycles. The lowest BCUT2D eigenvalue weighted by Crippen LogP contribution is -2.71. The van der Waals surface area contributed by atoms with Gasteiger partial charge in [0.2, 0.25) is 0 Å². The predicted octanol–water partition coefficient (Wildman–Crippen LogP) is 0.0772. The molecule has 2 atom stereocenters. The normalized spacial score (nSPS) is 22.7. The Hall–Kier alpha value is -1.87. The molecule has 2 amide bonds. The van der Waals surface area contributed by atoms with E-state index in [0.717, 1.165) is 11.3 Å². The Morgan fingerprint density at radius 1 is 1.54 bits per heavy atom. The summed E-state index contributed by atoms with van der Waals surface area (Å²) in [5.41, 5.74) is 5.86. The maximum Gasteiger partial charge on any atom is 0.352 e. The van der Waals surface area contributed by atoms with Gasteiger partial charge in [0.15, 0.2) is 10.8 Å². The quantitative estimate of drug-likeness (QED) is 0.109. The standard InChI is InChI=1S/C13H12IN5O5S2/c14-1-4-2-25-11-7(10(21)19(11)8(4)12(22)23)17-9(20)6(18-24)5-3-26-13(15)16-5/h3,7,11,24H,1-2H2,(H2,15,16)(H,17,20)(H,22,23)/b18-6-/t7?,11-/m1/s1. The number of nitrogen functional groups attached to an aromatic ring is 1. The van der Waals surface area contributed by atoms with Crippen LogP contribution in [0.1, 0.15) is 5.69 Å². The van der Waals surface area contributed by atoms with Crippen LogP contribution in [-0.2, 0) is 14.4 Å². The van der Waals surface area contributed by atoms with Gasteiger partial charge >= 0.3 is 5.97 Å². The Morgan fingerprint density at radius 3 is 2.81 bits per heavy atom. The maximum absolute atomic E-state index is 12.4. The average molecular weight is 509 g/mol. The van der Waals surface area contributed by atoms with Crippen molar-refractivity contribution in [3.63, 3.8) is 0 Å². The van der Waals surface area contributed by atoms with Crippen molar-refractivity contribution < 1.29 is 24.7 Å². The van der Waals surface area contributed by atoms with Gasteiger partial charge in [-0.05, 0) is 5.57 Å². The zero-order chi connectivity index (χ0) is 19.0. The van der Waals surface area contributed by atoms with E-state index in [-0.39, 0.29) is 22.2 Å². The summed E-state index contributed by atoms with van der Waals surface area (Å²) < 4.78 is 0.493. The Bertz CT molecular complexity index is 854. The number of nitrogens with zero attached hydrogens (tertiary/aromatic N) is 3. The fourth-order valence-corrected chi connectivity index (χ4v) is 5.50. The SMILES string of the molecule is Nc1nc(/C(=N/O)C(=O)NC2C(=O)N3C(C(=O)O)=C(CI)CS[C@H]23)cs1. The number of aliphatic carboxylic acids is 1. The molecule has 0 aromatic carbocycles. The molecule has 3 rings (SSSR count). The van der Waals surface area contributed by atoms with Gasteiger partial charge < -0.3 is 21.4 Å². The minimum atomic E-state index is -1.17. The van der Waals surface area contributed by atoms with Crippen molar-refractivity contribution in [3.8, 4) is 0 Å². The molecule has 138 valence electrons. The van der Waals surface area contributed by atoms with E-state index >= 15 is 0 Å². The van der Waals surface area contributed by atoms with Crippen LogP contribution in [0.5, 0.6) is 0 Å². The second kappa shape index (κ2) is 7.40. The van der Waals surface area contributed by atoms with Crippen LogP contribution in [0.15, 0.2) is 21.8 Å². The summed E-state index contributed by atoms with van der Waals surface area (Å²) >= 11 is 4.49. The number of oxime groups is 1. The van der Waals surface area contributed by atoms with E-state index in [1.54, 1.807) is 0 Å². The molecule has 5 N–H and O–H groups in total. The summed E-state index contributed by atoms with van der Waals surface area (Å²) in [6, 6.07) is -0.912. The highest BCUT2D eigenvalue weighted by Crippen LogP contribution is 2.40.